The molecular formula is C12H17N5. The SMILES string of the molecule is Cc1cncc(Cn2cc(CCCN)nn2)c1. The smallest absolute Gasteiger partial charge is 0.0827 e. The second kappa shape index (κ2) is 5.54. The Balaban J connectivity index is 2.01. The normalized spacial score (nSPS) is 10.7. The fourth-order valence-electron chi connectivity index (χ4n) is 1.70. The lowest BCUT2D eigenvalue weighted by Crippen LogP contribution is -2.01. The molecule has 0 amide bonds. The van der Waals surface area contributed by atoms with Crippen molar-refractivity contribution in [2.24, 2.45) is 5.73 Å². The molecule has 0 unspecified atom stereocenters. The number of hydrogen-bond donors (Lipinski definition) is 1. The number of hydrogen-bond acceptors (Lipinski definition) is 4. The van der Waals surface area contributed by atoms with E-state index in [9.17, 15) is 0 Å². The van der Waals surface area contributed by atoms with E-state index in [1.807, 2.05) is 30.2 Å². The number of aromatic nitrogens is 4. The third-order valence-corrected chi connectivity index (χ3v) is 2.50. The Kier molecular flexibility index (Phi) is 3.82. The molecule has 2 heterocycles. The van der Waals surface area contributed by atoms with E-state index in [-0.39, 0.29) is 0 Å². The highest BCUT2D eigenvalue weighted by Gasteiger charge is 2.01. The average molecular weight is 231 g/mol. The minimum absolute atomic E-state index is 0.689. The van der Waals surface area contributed by atoms with E-state index in [4.69, 9.17) is 5.73 Å². The van der Waals surface area contributed by atoms with Gasteiger partial charge in [-0.1, -0.05) is 11.3 Å². The van der Waals surface area contributed by atoms with Gasteiger partial charge in [0, 0.05) is 18.6 Å². The molecule has 17 heavy (non-hydrogen) atoms. The molecule has 0 bridgehead atoms. The molecule has 0 saturated heterocycles. The van der Waals surface area contributed by atoms with Crippen LogP contribution in [0.4, 0.5) is 0 Å². The number of pyridine rings is 1. The van der Waals surface area contributed by atoms with Gasteiger partial charge in [-0.25, -0.2) is 4.68 Å². The Morgan fingerprint density at radius 1 is 1.35 bits per heavy atom. The van der Waals surface area contributed by atoms with Crippen LogP contribution in [0, 0.1) is 6.92 Å². The summed E-state index contributed by atoms with van der Waals surface area (Å²) in [5, 5.41) is 8.20. The van der Waals surface area contributed by atoms with E-state index in [0.29, 0.717) is 13.1 Å². The Morgan fingerprint density at radius 2 is 2.24 bits per heavy atom. The fraction of sp³-hybridized carbons (Fsp3) is 0.417. The Hall–Kier alpha value is -1.75. The molecule has 2 rings (SSSR count). The lowest BCUT2D eigenvalue weighted by molar-refractivity contribution is 0.647. The maximum Gasteiger partial charge on any atom is 0.0827 e. The summed E-state index contributed by atoms with van der Waals surface area (Å²) >= 11 is 0. The molecule has 0 spiro atoms. The van der Waals surface area contributed by atoms with Crippen molar-refractivity contribution in [1.82, 2.24) is 20.0 Å². The first-order valence-corrected chi connectivity index (χ1v) is 5.77. The third kappa shape index (κ3) is 3.35. The summed E-state index contributed by atoms with van der Waals surface area (Å²) in [6.07, 6.45) is 7.51. The van der Waals surface area contributed by atoms with Crippen LogP contribution in [-0.4, -0.2) is 26.5 Å². The van der Waals surface area contributed by atoms with Gasteiger partial charge < -0.3 is 5.73 Å². The molecule has 2 aromatic heterocycles. The molecule has 0 aliphatic heterocycles. The Morgan fingerprint density at radius 3 is 3.00 bits per heavy atom. The van der Waals surface area contributed by atoms with E-state index in [2.05, 4.69) is 21.4 Å². The number of nitrogens with two attached hydrogens (primary N) is 1. The molecule has 5 nitrogen and oxygen atoms in total. The van der Waals surface area contributed by atoms with Crippen LogP contribution in [0.15, 0.2) is 24.7 Å². The van der Waals surface area contributed by atoms with Crippen molar-refractivity contribution >= 4 is 0 Å². The van der Waals surface area contributed by atoms with Crippen LogP contribution in [0.1, 0.15) is 23.2 Å². The topological polar surface area (TPSA) is 69.6 Å². The summed E-state index contributed by atoms with van der Waals surface area (Å²) in [4.78, 5) is 4.16. The first-order chi connectivity index (χ1) is 8.28. The number of nitrogens with zero attached hydrogens (tertiary/aromatic N) is 4. The summed E-state index contributed by atoms with van der Waals surface area (Å²) in [6.45, 7) is 3.43. The standard InChI is InChI=1S/C12H17N5/c1-10-5-11(7-14-6-10)8-17-9-12(15-16-17)3-2-4-13/h5-7,9H,2-4,8,13H2,1H3. The lowest BCUT2D eigenvalue weighted by atomic mass is 10.2. The summed E-state index contributed by atoms with van der Waals surface area (Å²) < 4.78 is 1.84. The maximum absolute atomic E-state index is 5.46. The third-order valence-electron chi connectivity index (χ3n) is 2.50. The zero-order valence-corrected chi connectivity index (χ0v) is 10.0. The molecule has 0 aliphatic rings. The molecule has 0 aliphatic carbocycles. The summed E-state index contributed by atoms with van der Waals surface area (Å²) in [7, 11) is 0. The van der Waals surface area contributed by atoms with Crippen LogP contribution in [0.3, 0.4) is 0 Å². The van der Waals surface area contributed by atoms with Crippen molar-refractivity contribution < 1.29 is 0 Å². The van der Waals surface area contributed by atoms with Gasteiger partial charge >= 0.3 is 0 Å². The molecule has 0 radical (unpaired) electrons. The fourth-order valence-corrected chi connectivity index (χ4v) is 1.70. The summed E-state index contributed by atoms with van der Waals surface area (Å²) in [5.41, 5.74) is 8.75. The summed E-state index contributed by atoms with van der Waals surface area (Å²) in [6, 6.07) is 2.11. The molecule has 0 saturated carbocycles. The first kappa shape index (κ1) is 11.7. The highest BCUT2D eigenvalue weighted by molar-refractivity contribution is 5.16. The van der Waals surface area contributed by atoms with Crippen molar-refractivity contribution in [2.75, 3.05) is 6.54 Å². The minimum Gasteiger partial charge on any atom is -0.330 e. The van der Waals surface area contributed by atoms with Gasteiger partial charge in [0.2, 0.25) is 0 Å². The van der Waals surface area contributed by atoms with Gasteiger partial charge in [-0.3, -0.25) is 4.98 Å². The summed E-state index contributed by atoms with van der Waals surface area (Å²) in [5.74, 6) is 0. The quantitative estimate of drug-likeness (QED) is 0.830. The second-order valence-electron chi connectivity index (χ2n) is 4.17. The van der Waals surface area contributed by atoms with Gasteiger partial charge in [0.1, 0.15) is 0 Å². The van der Waals surface area contributed by atoms with Gasteiger partial charge in [-0.05, 0) is 37.4 Å². The van der Waals surface area contributed by atoms with Crippen LogP contribution >= 0.6 is 0 Å². The van der Waals surface area contributed by atoms with E-state index >= 15 is 0 Å². The Bertz CT molecular complexity index is 477. The van der Waals surface area contributed by atoms with E-state index < -0.39 is 0 Å². The predicted molar refractivity (Wildman–Crippen MR) is 65.5 cm³/mol. The zero-order valence-electron chi connectivity index (χ0n) is 10.0. The average Bonchev–Trinajstić information content (AvgIpc) is 2.74. The van der Waals surface area contributed by atoms with Crippen molar-refractivity contribution in [3.05, 3.63) is 41.5 Å². The predicted octanol–water partition coefficient (Wildman–Crippen LogP) is 0.921. The highest BCUT2D eigenvalue weighted by Crippen LogP contribution is 2.04. The molecule has 5 heteroatoms. The molecule has 0 fully saturated rings. The highest BCUT2D eigenvalue weighted by atomic mass is 15.4. The molecule has 2 aromatic rings. The van der Waals surface area contributed by atoms with Crippen molar-refractivity contribution in [3.63, 3.8) is 0 Å². The lowest BCUT2D eigenvalue weighted by Gasteiger charge is -2.00. The molecule has 0 atom stereocenters. The van der Waals surface area contributed by atoms with Gasteiger partial charge in [-0.2, -0.15) is 0 Å². The first-order valence-electron chi connectivity index (χ1n) is 5.77. The Labute approximate surface area is 101 Å². The van der Waals surface area contributed by atoms with Crippen LogP contribution in [0.25, 0.3) is 0 Å². The van der Waals surface area contributed by atoms with Crippen molar-refractivity contribution in [3.8, 4) is 0 Å². The van der Waals surface area contributed by atoms with Gasteiger partial charge in [0.15, 0.2) is 0 Å². The van der Waals surface area contributed by atoms with Crippen LogP contribution in [-0.2, 0) is 13.0 Å². The van der Waals surface area contributed by atoms with Crippen molar-refractivity contribution in [2.45, 2.75) is 26.3 Å². The number of rotatable bonds is 5. The van der Waals surface area contributed by atoms with Gasteiger partial charge in [0.25, 0.3) is 0 Å². The number of aryl methyl sites for hydroxylation is 2. The van der Waals surface area contributed by atoms with E-state index in [1.165, 1.54) is 0 Å². The molecule has 2 N–H and O–H groups in total. The second-order valence-corrected chi connectivity index (χ2v) is 4.17. The van der Waals surface area contributed by atoms with Crippen LogP contribution in [0.2, 0.25) is 0 Å². The van der Waals surface area contributed by atoms with Gasteiger partial charge in [0.05, 0.1) is 12.2 Å². The van der Waals surface area contributed by atoms with E-state index in [0.717, 1.165) is 29.7 Å². The zero-order chi connectivity index (χ0) is 12.1. The van der Waals surface area contributed by atoms with Crippen molar-refractivity contribution in [1.29, 1.82) is 0 Å². The monoisotopic (exact) mass is 231 g/mol. The molecule has 0 aromatic carbocycles. The van der Waals surface area contributed by atoms with E-state index in [1.54, 1.807) is 0 Å². The van der Waals surface area contributed by atoms with Crippen LogP contribution < -0.4 is 5.73 Å². The largest absolute Gasteiger partial charge is 0.330 e. The van der Waals surface area contributed by atoms with Gasteiger partial charge in [-0.15, -0.1) is 5.10 Å². The molecule has 90 valence electrons. The maximum atomic E-state index is 5.46. The minimum atomic E-state index is 0.689. The molecular weight excluding hydrogens is 214 g/mol. The van der Waals surface area contributed by atoms with Crippen LogP contribution in [0.5, 0.6) is 0 Å².